The number of aryl methyl sites for hydroxylation is 2. The summed E-state index contributed by atoms with van der Waals surface area (Å²) in [6.07, 6.45) is 0. The van der Waals surface area contributed by atoms with Gasteiger partial charge in [-0.2, -0.15) is 0 Å². The zero-order valence-electron chi connectivity index (χ0n) is 11.1. The van der Waals surface area contributed by atoms with E-state index in [0.29, 0.717) is 0 Å². The molecule has 1 aromatic carbocycles. The molecule has 3 aromatic rings. The molecule has 3 nitrogen and oxygen atoms in total. The van der Waals surface area contributed by atoms with Gasteiger partial charge in [0.25, 0.3) is 0 Å². The first-order valence-corrected chi connectivity index (χ1v) is 7.64. The first-order chi connectivity index (χ1) is 9.22. The Hall–Kier alpha value is -1.24. The van der Waals surface area contributed by atoms with Crippen LogP contribution in [0.5, 0.6) is 0 Å². The van der Waals surface area contributed by atoms with E-state index in [1.807, 2.05) is 44.2 Å². The van der Waals surface area contributed by atoms with Crippen LogP contribution in [0.1, 0.15) is 10.7 Å². The van der Waals surface area contributed by atoms with Crippen LogP contribution >= 0.6 is 39.7 Å². The molecule has 104 valence electrons. The standard InChI is InChI=1S/C14H13N3S2.BrH/c1-9-13(19-10(2)15-9)12-8-18-14(17-12)16-11-6-4-3-5-7-11;/h3-8H,1-2H3,(H,16,17);1H. The Kier molecular flexibility index (Phi) is 4.91. The van der Waals surface area contributed by atoms with E-state index in [1.165, 1.54) is 0 Å². The molecule has 0 saturated carbocycles. The first kappa shape index (κ1) is 15.2. The molecule has 0 bridgehead atoms. The quantitative estimate of drug-likeness (QED) is 0.690. The highest BCUT2D eigenvalue weighted by atomic mass is 79.9. The average molecular weight is 368 g/mol. The second-order valence-corrected chi connectivity index (χ2v) is 6.24. The van der Waals surface area contributed by atoms with Crippen LogP contribution in [0.3, 0.4) is 0 Å². The van der Waals surface area contributed by atoms with E-state index in [2.05, 4.69) is 20.7 Å². The normalized spacial score (nSPS) is 10.1. The highest BCUT2D eigenvalue weighted by Crippen LogP contribution is 2.32. The first-order valence-electron chi connectivity index (χ1n) is 5.94. The molecule has 0 spiro atoms. The number of halogens is 1. The van der Waals surface area contributed by atoms with Gasteiger partial charge in [0.05, 0.1) is 21.3 Å². The van der Waals surface area contributed by atoms with Crippen molar-refractivity contribution in [1.29, 1.82) is 0 Å². The minimum Gasteiger partial charge on any atom is -0.332 e. The maximum absolute atomic E-state index is 4.63. The molecule has 0 aliphatic heterocycles. The predicted octanol–water partition coefficient (Wildman–Crippen LogP) is 5.20. The molecule has 0 unspecified atom stereocenters. The monoisotopic (exact) mass is 367 g/mol. The summed E-state index contributed by atoms with van der Waals surface area (Å²) in [6.45, 7) is 4.05. The Balaban J connectivity index is 0.00000147. The summed E-state index contributed by atoms with van der Waals surface area (Å²) in [5, 5.41) is 7.38. The number of benzene rings is 1. The Morgan fingerprint density at radius 1 is 1.05 bits per heavy atom. The van der Waals surface area contributed by atoms with Gasteiger partial charge in [-0.15, -0.1) is 39.7 Å². The van der Waals surface area contributed by atoms with Crippen molar-refractivity contribution in [1.82, 2.24) is 9.97 Å². The third-order valence-corrected chi connectivity index (χ3v) is 4.52. The minimum absolute atomic E-state index is 0. The molecule has 20 heavy (non-hydrogen) atoms. The zero-order chi connectivity index (χ0) is 13.2. The maximum Gasteiger partial charge on any atom is 0.187 e. The van der Waals surface area contributed by atoms with Crippen molar-refractivity contribution in [3.05, 3.63) is 46.4 Å². The van der Waals surface area contributed by atoms with Gasteiger partial charge in [-0.05, 0) is 26.0 Å². The van der Waals surface area contributed by atoms with Gasteiger partial charge in [0, 0.05) is 11.1 Å². The Morgan fingerprint density at radius 3 is 2.45 bits per heavy atom. The summed E-state index contributed by atoms with van der Waals surface area (Å²) in [4.78, 5) is 10.2. The molecule has 1 N–H and O–H groups in total. The van der Waals surface area contributed by atoms with Crippen LogP contribution in [-0.4, -0.2) is 9.97 Å². The van der Waals surface area contributed by atoms with E-state index < -0.39 is 0 Å². The predicted molar refractivity (Wildman–Crippen MR) is 92.7 cm³/mol. The van der Waals surface area contributed by atoms with Gasteiger partial charge in [0.15, 0.2) is 5.13 Å². The van der Waals surface area contributed by atoms with Crippen LogP contribution in [0.15, 0.2) is 35.7 Å². The van der Waals surface area contributed by atoms with E-state index in [1.54, 1.807) is 22.7 Å². The SMILES string of the molecule is Br.Cc1nc(C)c(-c2csc(Nc3ccccc3)n2)s1. The van der Waals surface area contributed by atoms with E-state index >= 15 is 0 Å². The van der Waals surface area contributed by atoms with Gasteiger partial charge in [0.1, 0.15) is 0 Å². The van der Waals surface area contributed by atoms with E-state index in [-0.39, 0.29) is 17.0 Å². The molecule has 0 atom stereocenters. The lowest BCUT2D eigenvalue weighted by Crippen LogP contribution is -1.88. The highest BCUT2D eigenvalue weighted by molar-refractivity contribution is 8.93. The van der Waals surface area contributed by atoms with Crippen LogP contribution in [-0.2, 0) is 0 Å². The Labute approximate surface area is 136 Å². The lowest BCUT2D eigenvalue weighted by molar-refractivity contribution is 1.20. The third kappa shape index (κ3) is 3.26. The maximum atomic E-state index is 4.63. The molecular weight excluding hydrogens is 354 g/mol. The molecule has 3 rings (SSSR count). The smallest absolute Gasteiger partial charge is 0.187 e. The molecule has 2 aromatic heterocycles. The van der Waals surface area contributed by atoms with E-state index in [9.17, 15) is 0 Å². The number of anilines is 2. The van der Waals surface area contributed by atoms with Crippen molar-refractivity contribution in [2.45, 2.75) is 13.8 Å². The van der Waals surface area contributed by atoms with E-state index in [4.69, 9.17) is 0 Å². The van der Waals surface area contributed by atoms with Crippen LogP contribution < -0.4 is 5.32 Å². The molecule has 6 heteroatoms. The van der Waals surface area contributed by atoms with Gasteiger partial charge in [0.2, 0.25) is 0 Å². The van der Waals surface area contributed by atoms with Crippen molar-refractivity contribution >= 4 is 50.5 Å². The molecule has 0 amide bonds. The highest BCUT2D eigenvalue weighted by Gasteiger charge is 2.11. The molecule has 0 aliphatic carbocycles. The summed E-state index contributed by atoms with van der Waals surface area (Å²) in [6, 6.07) is 10.1. The summed E-state index contributed by atoms with van der Waals surface area (Å²) in [5.41, 5.74) is 3.12. The number of thiazole rings is 2. The van der Waals surface area contributed by atoms with Crippen molar-refractivity contribution in [3.8, 4) is 10.6 Å². The van der Waals surface area contributed by atoms with E-state index in [0.717, 1.165) is 32.1 Å². The molecule has 0 aliphatic rings. The van der Waals surface area contributed by atoms with Crippen molar-refractivity contribution in [2.24, 2.45) is 0 Å². The topological polar surface area (TPSA) is 37.8 Å². The van der Waals surface area contributed by atoms with Crippen molar-refractivity contribution in [2.75, 3.05) is 5.32 Å². The number of nitrogens with zero attached hydrogens (tertiary/aromatic N) is 2. The van der Waals surface area contributed by atoms with Gasteiger partial charge < -0.3 is 5.32 Å². The van der Waals surface area contributed by atoms with Gasteiger partial charge in [-0.3, -0.25) is 0 Å². The summed E-state index contributed by atoms with van der Waals surface area (Å²) >= 11 is 3.31. The Morgan fingerprint density at radius 2 is 1.80 bits per heavy atom. The van der Waals surface area contributed by atoms with Gasteiger partial charge in [-0.25, -0.2) is 9.97 Å². The largest absolute Gasteiger partial charge is 0.332 e. The van der Waals surface area contributed by atoms with Gasteiger partial charge >= 0.3 is 0 Å². The summed E-state index contributed by atoms with van der Waals surface area (Å²) in [5.74, 6) is 0. The molecule has 0 saturated heterocycles. The van der Waals surface area contributed by atoms with Gasteiger partial charge in [-0.1, -0.05) is 18.2 Å². The lowest BCUT2D eigenvalue weighted by atomic mass is 10.3. The lowest BCUT2D eigenvalue weighted by Gasteiger charge is -2.00. The van der Waals surface area contributed by atoms with Crippen molar-refractivity contribution in [3.63, 3.8) is 0 Å². The summed E-state index contributed by atoms with van der Waals surface area (Å²) < 4.78 is 0. The second-order valence-electron chi connectivity index (χ2n) is 4.18. The minimum atomic E-state index is 0. The number of hydrogen-bond acceptors (Lipinski definition) is 5. The van der Waals surface area contributed by atoms with Crippen LogP contribution in [0, 0.1) is 13.8 Å². The zero-order valence-corrected chi connectivity index (χ0v) is 14.4. The average Bonchev–Trinajstić information content (AvgIpc) is 2.97. The third-order valence-electron chi connectivity index (χ3n) is 2.67. The fraction of sp³-hybridized carbons (Fsp3) is 0.143. The fourth-order valence-electron chi connectivity index (χ4n) is 1.85. The molecular formula is C14H14BrN3S2. The Bertz CT molecular complexity index is 692. The molecule has 2 heterocycles. The second kappa shape index (κ2) is 6.47. The number of para-hydroxylation sites is 1. The van der Waals surface area contributed by atoms with Crippen LogP contribution in [0.2, 0.25) is 0 Å². The van der Waals surface area contributed by atoms with Crippen LogP contribution in [0.4, 0.5) is 10.8 Å². The summed E-state index contributed by atoms with van der Waals surface area (Å²) in [7, 11) is 0. The van der Waals surface area contributed by atoms with Crippen LogP contribution in [0.25, 0.3) is 10.6 Å². The number of aromatic nitrogens is 2. The molecule has 0 fully saturated rings. The fourth-order valence-corrected chi connectivity index (χ4v) is 3.53. The number of hydrogen-bond donors (Lipinski definition) is 1. The number of nitrogens with one attached hydrogen (secondary N) is 1. The molecule has 0 radical (unpaired) electrons. The number of rotatable bonds is 3. The van der Waals surface area contributed by atoms with Crippen molar-refractivity contribution < 1.29 is 0 Å².